The number of nitrogens with one attached hydrogen (secondary N) is 1. The van der Waals surface area contributed by atoms with Gasteiger partial charge in [-0.15, -0.1) is 0 Å². The Hall–Kier alpha value is -1.43. The van der Waals surface area contributed by atoms with Crippen LogP contribution in [0.3, 0.4) is 0 Å². The molecule has 0 saturated carbocycles. The SMILES string of the molecule is CCS(=O)CCNC(=O)c1cc(N)ccn1. The van der Waals surface area contributed by atoms with Crippen LogP contribution in [0.25, 0.3) is 0 Å². The number of aromatic nitrogens is 1. The van der Waals surface area contributed by atoms with E-state index in [2.05, 4.69) is 10.3 Å². The number of carbonyl (C=O) groups is 1. The van der Waals surface area contributed by atoms with Gasteiger partial charge in [0, 0.05) is 40.7 Å². The van der Waals surface area contributed by atoms with E-state index in [0.29, 0.717) is 23.7 Å². The fourth-order valence-electron chi connectivity index (χ4n) is 1.08. The van der Waals surface area contributed by atoms with Crippen LogP contribution >= 0.6 is 0 Å². The van der Waals surface area contributed by atoms with E-state index < -0.39 is 10.8 Å². The van der Waals surface area contributed by atoms with Gasteiger partial charge in [0.05, 0.1) is 0 Å². The highest BCUT2D eigenvalue weighted by Crippen LogP contribution is 2.02. The Labute approximate surface area is 96.9 Å². The molecule has 0 aliphatic rings. The maximum Gasteiger partial charge on any atom is 0.269 e. The topological polar surface area (TPSA) is 85.1 Å². The van der Waals surface area contributed by atoms with Gasteiger partial charge in [-0.25, -0.2) is 0 Å². The lowest BCUT2D eigenvalue weighted by Crippen LogP contribution is -2.28. The number of nitrogens with zero attached hydrogens (tertiary/aromatic N) is 1. The van der Waals surface area contributed by atoms with Gasteiger partial charge in [0.1, 0.15) is 5.69 Å². The molecule has 0 aliphatic heterocycles. The fourth-order valence-corrected chi connectivity index (χ4v) is 1.70. The van der Waals surface area contributed by atoms with Crippen LogP contribution in [0.2, 0.25) is 0 Å². The van der Waals surface area contributed by atoms with Gasteiger partial charge in [0.15, 0.2) is 0 Å². The molecule has 0 radical (unpaired) electrons. The number of pyridine rings is 1. The molecule has 0 bridgehead atoms. The van der Waals surface area contributed by atoms with Crippen molar-refractivity contribution in [2.45, 2.75) is 6.92 Å². The minimum Gasteiger partial charge on any atom is -0.399 e. The number of nitrogens with two attached hydrogens (primary N) is 1. The van der Waals surface area contributed by atoms with Gasteiger partial charge >= 0.3 is 0 Å². The quantitative estimate of drug-likeness (QED) is 0.769. The molecule has 16 heavy (non-hydrogen) atoms. The Balaban J connectivity index is 2.44. The van der Waals surface area contributed by atoms with Crippen molar-refractivity contribution in [1.82, 2.24) is 10.3 Å². The zero-order chi connectivity index (χ0) is 12.0. The Kier molecular flexibility index (Phi) is 4.91. The summed E-state index contributed by atoms with van der Waals surface area (Å²) >= 11 is 0. The Bertz CT molecular complexity index is 395. The maximum atomic E-state index is 11.5. The highest BCUT2D eigenvalue weighted by atomic mass is 32.2. The van der Waals surface area contributed by atoms with E-state index in [4.69, 9.17) is 5.73 Å². The van der Waals surface area contributed by atoms with Crippen molar-refractivity contribution in [2.75, 3.05) is 23.8 Å². The van der Waals surface area contributed by atoms with Crippen LogP contribution in [-0.2, 0) is 10.8 Å². The van der Waals surface area contributed by atoms with E-state index in [1.54, 1.807) is 6.07 Å². The summed E-state index contributed by atoms with van der Waals surface area (Å²) in [5.74, 6) is 0.775. The summed E-state index contributed by atoms with van der Waals surface area (Å²) in [6.45, 7) is 2.23. The third kappa shape index (κ3) is 3.98. The monoisotopic (exact) mass is 241 g/mol. The van der Waals surface area contributed by atoms with Crippen molar-refractivity contribution in [3.05, 3.63) is 24.0 Å². The minimum atomic E-state index is -0.864. The third-order valence-corrected chi connectivity index (χ3v) is 3.26. The molecular weight excluding hydrogens is 226 g/mol. The van der Waals surface area contributed by atoms with E-state index in [0.717, 1.165) is 0 Å². The number of amides is 1. The lowest BCUT2D eigenvalue weighted by molar-refractivity contribution is 0.0951. The molecule has 1 heterocycles. The Morgan fingerprint density at radius 2 is 2.38 bits per heavy atom. The average Bonchev–Trinajstić information content (AvgIpc) is 2.28. The molecule has 1 rings (SSSR count). The second-order valence-corrected chi connectivity index (χ2v) is 5.03. The van der Waals surface area contributed by atoms with Crippen molar-refractivity contribution in [1.29, 1.82) is 0 Å². The van der Waals surface area contributed by atoms with Gasteiger partial charge in [-0.05, 0) is 12.1 Å². The van der Waals surface area contributed by atoms with Crippen LogP contribution in [0.1, 0.15) is 17.4 Å². The molecule has 0 aliphatic carbocycles. The normalized spacial score (nSPS) is 12.1. The van der Waals surface area contributed by atoms with E-state index in [9.17, 15) is 9.00 Å². The first-order chi connectivity index (χ1) is 7.63. The van der Waals surface area contributed by atoms with Gasteiger partial charge < -0.3 is 11.1 Å². The summed E-state index contributed by atoms with van der Waals surface area (Å²) in [5, 5.41) is 2.64. The molecule has 1 aromatic rings. The van der Waals surface area contributed by atoms with Crippen molar-refractivity contribution in [3.63, 3.8) is 0 Å². The van der Waals surface area contributed by atoms with Crippen molar-refractivity contribution in [2.24, 2.45) is 0 Å². The zero-order valence-electron chi connectivity index (χ0n) is 9.10. The van der Waals surface area contributed by atoms with Crippen LogP contribution in [0, 0.1) is 0 Å². The molecule has 0 aromatic carbocycles. The van der Waals surface area contributed by atoms with Crippen LogP contribution < -0.4 is 11.1 Å². The first-order valence-corrected chi connectivity index (χ1v) is 6.47. The van der Waals surface area contributed by atoms with Gasteiger partial charge in [0.2, 0.25) is 0 Å². The lowest BCUT2D eigenvalue weighted by Gasteiger charge is -2.04. The number of hydrogen-bond acceptors (Lipinski definition) is 4. The summed E-state index contributed by atoms with van der Waals surface area (Å²) < 4.78 is 11.1. The molecule has 1 amide bonds. The molecule has 0 saturated heterocycles. The van der Waals surface area contributed by atoms with Crippen LogP contribution in [0.5, 0.6) is 0 Å². The smallest absolute Gasteiger partial charge is 0.269 e. The lowest BCUT2D eigenvalue weighted by atomic mass is 10.3. The van der Waals surface area contributed by atoms with E-state index >= 15 is 0 Å². The number of anilines is 1. The average molecular weight is 241 g/mol. The first kappa shape index (κ1) is 12.6. The zero-order valence-corrected chi connectivity index (χ0v) is 9.92. The Morgan fingerprint density at radius 3 is 3.00 bits per heavy atom. The molecule has 1 atom stereocenters. The molecule has 0 fully saturated rings. The second-order valence-electron chi connectivity index (χ2n) is 3.16. The number of carbonyl (C=O) groups excluding carboxylic acids is 1. The fraction of sp³-hybridized carbons (Fsp3) is 0.400. The highest BCUT2D eigenvalue weighted by Gasteiger charge is 2.06. The first-order valence-electron chi connectivity index (χ1n) is 4.98. The van der Waals surface area contributed by atoms with Crippen molar-refractivity contribution < 1.29 is 9.00 Å². The third-order valence-electron chi connectivity index (χ3n) is 1.95. The van der Waals surface area contributed by atoms with Gasteiger partial charge in [-0.3, -0.25) is 14.0 Å². The molecule has 1 aromatic heterocycles. The number of rotatable bonds is 5. The standard InChI is InChI=1S/C10H15N3O2S/c1-2-16(15)6-5-13-10(14)9-7-8(11)3-4-12-9/h3-4,7H,2,5-6H2,1H3,(H2,11,12)(H,13,14). The summed E-state index contributed by atoms with van der Waals surface area (Å²) in [6.07, 6.45) is 1.48. The summed E-state index contributed by atoms with van der Waals surface area (Å²) in [4.78, 5) is 15.4. The van der Waals surface area contributed by atoms with Gasteiger partial charge in [-0.1, -0.05) is 6.92 Å². The highest BCUT2D eigenvalue weighted by molar-refractivity contribution is 7.84. The molecule has 5 nitrogen and oxygen atoms in total. The largest absolute Gasteiger partial charge is 0.399 e. The summed E-state index contributed by atoms with van der Waals surface area (Å²) in [7, 11) is -0.864. The van der Waals surface area contributed by atoms with Gasteiger partial charge in [0.25, 0.3) is 5.91 Å². The van der Waals surface area contributed by atoms with Crippen molar-refractivity contribution in [3.8, 4) is 0 Å². The molecule has 3 N–H and O–H groups in total. The molecule has 1 unspecified atom stereocenters. The van der Waals surface area contributed by atoms with E-state index in [-0.39, 0.29) is 11.6 Å². The molecule has 0 spiro atoms. The molecule has 88 valence electrons. The number of hydrogen-bond donors (Lipinski definition) is 2. The predicted octanol–water partition coefficient (Wildman–Crippen LogP) is 0.162. The van der Waals surface area contributed by atoms with Crippen molar-refractivity contribution >= 4 is 22.4 Å². The Morgan fingerprint density at radius 1 is 1.62 bits per heavy atom. The number of nitrogen functional groups attached to an aromatic ring is 1. The van der Waals surface area contributed by atoms with Gasteiger partial charge in [-0.2, -0.15) is 0 Å². The molecular formula is C10H15N3O2S. The van der Waals surface area contributed by atoms with Crippen LogP contribution in [-0.4, -0.2) is 33.2 Å². The summed E-state index contributed by atoms with van der Waals surface area (Å²) in [6, 6.07) is 3.12. The van der Waals surface area contributed by atoms with E-state index in [1.165, 1.54) is 12.3 Å². The summed E-state index contributed by atoms with van der Waals surface area (Å²) in [5.41, 5.74) is 6.30. The minimum absolute atomic E-state index is 0.280. The molecule has 6 heteroatoms. The van der Waals surface area contributed by atoms with E-state index in [1.807, 2.05) is 6.92 Å². The van der Waals surface area contributed by atoms with Crippen LogP contribution in [0.4, 0.5) is 5.69 Å². The predicted molar refractivity (Wildman–Crippen MR) is 64.5 cm³/mol. The van der Waals surface area contributed by atoms with Crippen LogP contribution in [0.15, 0.2) is 18.3 Å². The maximum absolute atomic E-state index is 11.5. The second kappa shape index (κ2) is 6.22.